The van der Waals surface area contributed by atoms with Gasteiger partial charge in [-0.05, 0) is 17.3 Å². The number of hydrazine groups is 1. The molecule has 0 bridgehead atoms. The van der Waals surface area contributed by atoms with Crippen LogP contribution in [0.3, 0.4) is 0 Å². The van der Waals surface area contributed by atoms with E-state index in [0.717, 1.165) is 28.6 Å². The SMILES string of the molecule is CC(C)(C)c1cn(N2CN=C3c4ccccc4N4CN(Cl)C=C4N32)nn1. The largest absolute Gasteiger partial charge is 0.305 e. The number of amidine groups is 1. The highest BCUT2D eigenvalue weighted by Gasteiger charge is 2.42. The molecule has 8 nitrogen and oxygen atoms in total. The van der Waals surface area contributed by atoms with Gasteiger partial charge in [0.2, 0.25) is 0 Å². The maximum absolute atomic E-state index is 6.30. The number of hydrogen-bond donors (Lipinski definition) is 0. The molecule has 0 amide bonds. The van der Waals surface area contributed by atoms with Gasteiger partial charge in [-0.2, -0.15) is 10.1 Å². The molecule has 5 rings (SSSR count). The van der Waals surface area contributed by atoms with Crippen molar-refractivity contribution in [3.05, 3.63) is 53.7 Å². The standard InChI is InChI=1S/C17H19ClN8/c1-17(2,3)14-8-24(21-20-14)25-10-19-16-12-6-4-5-7-13(12)23-11-22(18)9-15(23)26(16)25/h4-9H,10-11H2,1-3H3. The van der Waals surface area contributed by atoms with Crippen LogP contribution in [0.1, 0.15) is 32.0 Å². The monoisotopic (exact) mass is 370 g/mol. The smallest absolute Gasteiger partial charge is 0.162 e. The average molecular weight is 371 g/mol. The summed E-state index contributed by atoms with van der Waals surface area (Å²) in [6.45, 7) is 7.41. The molecule has 0 spiro atoms. The number of anilines is 1. The zero-order chi connectivity index (χ0) is 18.1. The van der Waals surface area contributed by atoms with Crippen molar-refractivity contribution in [2.45, 2.75) is 26.2 Å². The summed E-state index contributed by atoms with van der Waals surface area (Å²) >= 11 is 6.30. The number of para-hydroxylation sites is 1. The molecule has 3 aliphatic rings. The van der Waals surface area contributed by atoms with E-state index in [9.17, 15) is 0 Å². The van der Waals surface area contributed by atoms with Gasteiger partial charge in [-0.15, -0.1) is 9.89 Å². The summed E-state index contributed by atoms with van der Waals surface area (Å²) in [5.74, 6) is 1.84. The van der Waals surface area contributed by atoms with Crippen LogP contribution in [-0.4, -0.2) is 43.7 Å². The molecule has 3 aliphatic heterocycles. The van der Waals surface area contributed by atoms with Gasteiger partial charge >= 0.3 is 0 Å². The van der Waals surface area contributed by atoms with Crippen molar-refractivity contribution in [3.8, 4) is 0 Å². The predicted octanol–water partition coefficient (Wildman–Crippen LogP) is 2.19. The van der Waals surface area contributed by atoms with Crippen LogP contribution in [0.4, 0.5) is 5.69 Å². The minimum Gasteiger partial charge on any atom is -0.305 e. The van der Waals surface area contributed by atoms with E-state index in [1.54, 1.807) is 9.21 Å². The maximum Gasteiger partial charge on any atom is 0.162 e. The molecule has 0 fully saturated rings. The van der Waals surface area contributed by atoms with Crippen molar-refractivity contribution in [1.82, 2.24) is 24.5 Å². The molecule has 26 heavy (non-hydrogen) atoms. The van der Waals surface area contributed by atoms with Crippen LogP contribution in [0.15, 0.2) is 47.5 Å². The minimum atomic E-state index is -0.0677. The average Bonchev–Trinajstić information content (AvgIpc) is 3.30. The summed E-state index contributed by atoms with van der Waals surface area (Å²) in [4.78, 5) is 8.68. The summed E-state index contributed by atoms with van der Waals surface area (Å²) < 4.78 is 1.65. The number of aliphatic imine (C=N–C) groups is 1. The van der Waals surface area contributed by atoms with E-state index in [0.29, 0.717) is 13.3 Å². The van der Waals surface area contributed by atoms with Crippen LogP contribution in [0.5, 0.6) is 0 Å². The van der Waals surface area contributed by atoms with Crippen LogP contribution in [0.2, 0.25) is 0 Å². The lowest BCUT2D eigenvalue weighted by Crippen LogP contribution is -2.53. The van der Waals surface area contributed by atoms with E-state index in [4.69, 9.17) is 16.8 Å². The molecule has 1 aromatic carbocycles. The first-order chi connectivity index (χ1) is 12.4. The number of fused-ring (bicyclic) bond motifs is 6. The lowest BCUT2D eigenvalue weighted by molar-refractivity contribution is 0.346. The second-order valence-corrected chi connectivity index (χ2v) is 7.99. The number of aromatic nitrogens is 3. The number of benzene rings is 1. The molecule has 4 heterocycles. The molecular formula is C17H19ClN8. The van der Waals surface area contributed by atoms with E-state index >= 15 is 0 Å². The highest BCUT2D eigenvalue weighted by molar-refractivity contribution is 6.15. The molecule has 1 aromatic heterocycles. The van der Waals surface area contributed by atoms with E-state index in [1.165, 1.54) is 0 Å². The summed E-state index contributed by atoms with van der Waals surface area (Å²) in [7, 11) is 0. The second kappa shape index (κ2) is 5.14. The van der Waals surface area contributed by atoms with Gasteiger partial charge in [0.15, 0.2) is 18.3 Å². The fourth-order valence-electron chi connectivity index (χ4n) is 3.37. The van der Waals surface area contributed by atoms with Gasteiger partial charge in [-0.1, -0.05) is 32.9 Å². The third kappa shape index (κ3) is 2.11. The van der Waals surface area contributed by atoms with Gasteiger partial charge < -0.3 is 4.90 Å². The molecule has 0 unspecified atom stereocenters. The fraction of sp³-hybridized carbons (Fsp3) is 0.353. The summed E-state index contributed by atoms with van der Waals surface area (Å²) in [6.07, 6.45) is 3.87. The number of halogens is 1. The van der Waals surface area contributed by atoms with Crippen molar-refractivity contribution in [1.29, 1.82) is 0 Å². The zero-order valence-electron chi connectivity index (χ0n) is 14.8. The van der Waals surface area contributed by atoms with Crippen molar-refractivity contribution in [2.24, 2.45) is 4.99 Å². The van der Waals surface area contributed by atoms with Gasteiger partial charge in [0.05, 0.1) is 23.8 Å². The van der Waals surface area contributed by atoms with Crippen LogP contribution in [-0.2, 0) is 5.41 Å². The van der Waals surface area contributed by atoms with E-state index in [-0.39, 0.29) is 5.41 Å². The first-order valence-electron chi connectivity index (χ1n) is 8.50. The zero-order valence-corrected chi connectivity index (χ0v) is 15.6. The first-order valence-corrected chi connectivity index (χ1v) is 8.83. The Kier molecular flexibility index (Phi) is 3.06. The van der Waals surface area contributed by atoms with Gasteiger partial charge in [-0.3, -0.25) is 4.42 Å². The molecule has 9 heteroatoms. The van der Waals surface area contributed by atoms with Crippen LogP contribution in [0.25, 0.3) is 0 Å². The Bertz CT molecular complexity index is 940. The molecule has 0 saturated heterocycles. The Labute approximate surface area is 156 Å². The van der Waals surface area contributed by atoms with Gasteiger partial charge in [0.25, 0.3) is 0 Å². The molecular weight excluding hydrogens is 352 g/mol. The van der Waals surface area contributed by atoms with Gasteiger partial charge in [0.1, 0.15) is 6.67 Å². The van der Waals surface area contributed by atoms with Crippen LogP contribution >= 0.6 is 11.8 Å². The number of nitrogens with zero attached hydrogens (tertiary/aromatic N) is 8. The van der Waals surface area contributed by atoms with E-state index < -0.39 is 0 Å². The predicted molar refractivity (Wildman–Crippen MR) is 99.7 cm³/mol. The Hall–Kier alpha value is -2.74. The summed E-state index contributed by atoms with van der Waals surface area (Å²) in [5.41, 5.74) is 3.05. The quantitative estimate of drug-likeness (QED) is 0.717. The molecule has 0 N–H and O–H groups in total. The minimum absolute atomic E-state index is 0.0677. The molecule has 0 atom stereocenters. The number of hydrogen-bond acceptors (Lipinski definition) is 7. The second-order valence-electron chi connectivity index (χ2n) is 7.55. The van der Waals surface area contributed by atoms with Gasteiger partial charge in [-0.25, -0.2) is 4.99 Å². The fourth-order valence-corrected chi connectivity index (χ4v) is 3.57. The Morgan fingerprint density at radius 1 is 1.15 bits per heavy atom. The summed E-state index contributed by atoms with van der Waals surface area (Å²) in [5, 5.41) is 12.7. The van der Waals surface area contributed by atoms with Crippen molar-refractivity contribution in [3.63, 3.8) is 0 Å². The van der Waals surface area contributed by atoms with E-state index in [2.05, 4.69) is 48.1 Å². The van der Waals surface area contributed by atoms with Crippen molar-refractivity contribution in [2.75, 3.05) is 23.4 Å². The Balaban J connectivity index is 1.60. The van der Waals surface area contributed by atoms with Crippen molar-refractivity contribution >= 4 is 23.3 Å². The molecule has 2 aromatic rings. The molecule has 134 valence electrons. The third-order valence-electron chi connectivity index (χ3n) is 4.73. The first kappa shape index (κ1) is 15.5. The van der Waals surface area contributed by atoms with Crippen LogP contribution < -0.4 is 10.0 Å². The molecule has 0 aliphatic carbocycles. The highest BCUT2D eigenvalue weighted by Crippen LogP contribution is 2.39. The van der Waals surface area contributed by atoms with E-state index in [1.807, 2.05) is 34.7 Å². The van der Waals surface area contributed by atoms with Gasteiger partial charge in [0, 0.05) is 22.8 Å². The van der Waals surface area contributed by atoms with Crippen LogP contribution in [0, 0.1) is 0 Å². The Morgan fingerprint density at radius 2 is 1.96 bits per heavy atom. The topological polar surface area (TPSA) is 56.0 Å². The third-order valence-corrected chi connectivity index (χ3v) is 4.93. The Morgan fingerprint density at radius 3 is 2.73 bits per heavy atom. The molecule has 0 saturated carbocycles. The summed E-state index contributed by atoms with van der Waals surface area (Å²) in [6, 6.07) is 8.23. The number of rotatable bonds is 1. The maximum atomic E-state index is 6.30. The van der Waals surface area contributed by atoms with Crippen molar-refractivity contribution < 1.29 is 0 Å². The molecule has 0 radical (unpaired) electrons. The lowest BCUT2D eigenvalue weighted by atomic mass is 9.93. The normalized spacial score (nSPS) is 18.6. The lowest BCUT2D eigenvalue weighted by Gasteiger charge is -2.39. The highest BCUT2D eigenvalue weighted by atomic mass is 35.5.